The molecule has 0 radical (unpaired) electrons. The van der Waals surface area contributed by atoms with E-state index in [2.05, 4.69) is 12.7 Å². The lowest BCUT2D eigenvalue weighted by molar-refractivity contribution is 0.0622. The second-order valence-electron chi connectivity index (χ2n) is 5.90. The fourth-order valence-corrected chi connectivity index (χ4v) is 3.13. The number of hydrogen-bond donors (Lipinski definition) is 0. The summed E-state index contributed by atoms with van der Waals surface area (Å²) >= 11 is 0. The van der Waals surface area contributed by atoms with Gasteiger partial charge >= 0.3 is 5.76 Å². The van der Waals surface area contributed by atoms with E-state index in [-0.39, 0.29) is 18.0 Å². The summed E-state index contributed by atoms with van der Waals surface area (Å²) in [6.45, 7) is 5.80. The Morgan fingerprint density at radius 2 is 2.26 bits per heavy atom. The monoisotopic (exact) mass is 312 g/mol. The van der Waals surface area contributed by atoms with Gasteiger partial charge in [-0.3, -0.25) is 9.36 Å². The van der Waals surface area contributed by atoms with Crippen LogP contribution >= 0.6 is 0 Å². The largest absolute Gasteiger partial charge is 0.419 e. The predicted octanol–water partition coefficient (Wildman–Crippen LogP) is 2.87. The second kappa shape index (κ2) is 5.91. The molecular weight excluding hydrogens is 292 g/mol. The molecule has 1 amide bonds. The van der Waals surface area contributed by atoms with Gasteiger partial charge in [0.2, 0.25) is 0 Å². The number of fused-ring (bicyclic) bond motifs is 1. The van der Waals surface area contributed by atoms with Crippen LogP contribution in [0.4, 0.5) is 0 Å². The van der Waals surface area contributed by atoms with Gasteiger partial charge in [0.05, 0.1) is 5.52 Å². The second-order valence-corrected chi connectivity index (χ2v) is 5.90. The number of oxazole rings is 1. The molecular formula is C18H20N2O3. The SMILES string of the molecule is C=CC[C@@H]1CC=C[C@@H](C)N1C(=O)c1ccc2oc(=O)n(C)c2c1. The van der Waals surface area contributed by atoms with Crippen molar-refractivity contribution in [1.29, 1.82) is 0 Å². The Kier molecular flexibility index (Phi) is 3.94. The van der Waals surface area contributed by atoms with Crippen molar-refractivity contribution in [1.82, 2.24) is 9.47 Å². The minimum absolute atomic E-state index is 0.0325. The van der Waals surface area contributed by atoms with Gasteiger partial charge < -0.3 is 9.32 Å². The molecule has 0 spiro atoms. The van der Waals surface area contributed by atoms with Gasteiger partial charge in [-0.25, -0.2) is 4.79 Å². The molecule has 2 atom stereocenters. The average Bonchev–Trinajstić information content (AvgIpc) is 2.82. The Bertz CT molecular complexity index is 844. The zero-order valence-electron chi connectivity index (χ0n) is 13.4. The zero-order valence-corrected chi connectivity index (χ0v) is 13.4. The third kappa shape index (κ3) is 2.63. The molecule has 5 nitrogen and oxygen atoms in total. The molecule has 1 aliphatic rings. The maximum Gasteiger partial charge on any atom is 0.419 e. The molecule has 23 heavy (non-hydrogen) atoms. The summed E-state index contributed by atoms with van der Waals surface area (Å²) in [4.78, 5) is 26.5. The molecule has 1 aliphatic heterocycles. The van der Waals surface area contributed by atoms with Crippen molar-refractivity contribution in [3.05, 3.63) is 59.1 Å². The standard InChI is InChI=1S/C18H20N2O3/c1-4-6-14-8-5-7-12(2)20(14)17(21)13-9-10-16-15(11-13)19(3)18(22)23-16/h4-5,7,9-12,14H,1,6,8H2,2-3H3/t12-,14-/m1/s1. The lowest BCUT2D eigenvalue weighted by atomic mass is 9.98. The Hall–Kier alpha value is -2.56. The van der Waals surface area contributed by atoms with Crippen LogP contribution in [0.5, 0.6) is 0 Å². The molecule has 0 bridgehead atoms. The maximum atomic E-state index is 13.0. The zero-order chi connectivity index (χ0) is 16.6. The van der Waals surface area contributed by atoms with Crippen molar-refractivity contribution in [3.8, 4) is 0 Å². The fourth-order valence-electron chi connectivity index (χ4n) is 3.13. The summed E-state index contributed by atoms with van der Waals surface area (Å²) in [5.41, 5.74) is 1.68. The van der Waals surface area contributed by atoms with Crippen molar-refractivity contribution in [2.75, 3.05) is 0 Å². The van der Waals surface area contributed by atoms with Crippen molar-refractivity contribution < 1.29 is 9.21 Å². The van der Waals surface area contributed by atoms with Crippen LogP contribution in [-0.4, -0.2) is 27.5 Å². The van der Waals surface area contributed by atoms with Crippen LogP contribution in [0.15, 0.2) is 52.2 Å². The van der Waals surface area contributed by atoms with Crippen LogP contribution in [0.1, 0.15) is 30.1 Å². The van der Waals surface area contributed by atoms with E-state index >= 15 is 0 Å². The van der Waals surface area contributed by atoms with Gasteiger partial charge in [-0.15, -0.1) is 6.58 Å². The summed E-state index contributed by atoms with van der Waals surface area (Å²) in [6.07, 6.45) is 7.59. The summed E-state index contributed by atoms with van der Waals surface area (Å²) in [7, 11) is 1.63. The fraction of sp³-hybridized carbons (Fsp3) is 0.333. The summed E-state index contributed by atoms with van der Waals surface area (Å²) in [5, 5.41) is 0. The molecule has 120 valence electrons. The minimum Gasteiger partial charge on any atom is -0.408 e. The number of carbonyl (C=O) groups is 1. The van der Waals surface area contributed by atoms with E-state index in [1.807, 2.05) is 24.0 Å². The van der Waals surface area contributed by atoms with Crippen molar-refractivity contribution in [2.45, 2.75) is 31.8 Å². The van der Waals surface area contributed by atoms with Crippen LogP contribution in [0.2, 0.25) is 0 Å². The van der Waals surface area contributed by atoms with Crippen molar-refractivity contribution in [3.63, 3.8) is 0 Å². The van der Waals surface area contributed by atoms with E-state index in [1.54, 1.807) is 25.2 Å². The lowest BCUT2D eigenvalue weighted by Gasteiger charge is -2.37. The van der Waals surface area contributed by atoms with E-state index in [0.717, 1.165) is 12.8 Å². The van der Waals surface area contributed by atoms with E-state index < -0.39 is 5.76 Å². The summed E-state index contributed by atoms with van der Waals surface area (Å²) in [5.74, 6) is -0.465. The molecule has 5 heteroatoms. The van der Waals surface area contributed by atoms with Crippen molar-refractivity contribution in [2.24, 2.45) is 7.05 Å². The Balaban J connectivity index is 2.01. The molecule has 0 aliphatic carbocycles. The maximum absolute atomic E-state index is 13.0. The average molecular weight is 312 g/mol. The Labute approximate surface area is 134 Å². The first kappa shape index (κ1) is 15.3. The van der Waals surface area contributed by atoms with Gasteiger partial charge in [-0.1, -0.05) is 18.2 Å². The number of aromatic nitrogens is 1. The first-order chi connectivity index (χ1) is 11.0. The highest BCUT2D eigenvalue weighted by atomic mass is 16.4. The molecule has 0 saturated carbocycles. The van der Waals surface area contributed by atoms with Crippen LogP contribution in [0.25, 0.3) is 11.1 Å². The van der Waals surface area contributed by atoms with Gasteiger partial charge in [-0.2, -0.15) is 0 Å². The molecule has 0 saturated heterocycles. The molecule has 1 aromatic carbocycles. The van der Waals surface area contributed by atoms with Crippen LogP contribution < -0.4 is 5.76 Å². The van der Waals surface area contributed by atoms with Gasteiger partial charge in [0.1, 0.15) is 0 Å². The number of rotatable bonds is 3. The predicted molar refractivity (Wildman–Crippen MR) is 89.4 cm³/mol. The van der Waals surface area contributed by atoms with Gasteiger partial charge in [0.15, 0.2) is 5.58 Å². The van der Waals surface area contributed by atoms with Gasteiger partial charge in [-0.05, 0) is 38.0 Å². The quantitative estimate of drug-likeness (QED) is 0.819. The van der Waals surface area contributed by atoms with Crippen LogP contribution in [-0.2, 0) is 7.05 Å². The highest BCUT2D eigenvalue weighted by Gasteiger charge is 2.29. The van der Waals surface area contributed by atoms with E-state index in [1.165, 1.54) is 4.57 Å². The molecule has 2 heterocycles. The molecule has 2 aromatic rings. The topological polar surface area (TPSA) is 55.5 Å². The number of benzene rings is 1. The molecule has 1 aromatic heterocycles. The lowest BCUT2D eigenvalue weighted by Crippen LogP contribution is -2.46. The highest BCUT2D eigenvalue weighted by molar-refractivity contribution is 5.97. The number of carbonyl (C=O) groups excluding carboxylic acids is 1. The van der Waals surface area contributed by atoms with E-state index in [9.17, 15) is 9.59 Å². The first-order valence-electron chi connectivity index (χ1n) is 7.72. The third-order valence-corrected chi connectivity index (χ3v) is 4.37. The summed E-state index contributed by atoms with van der Waals surface area (Å²) in [6, 6.07) is 5.26. The van der Waals surface area contributed by atoms with E-state index in [0.29, 0.717) is 16.7 Å². The van der Waals surface area contributed by atoms with E-state index in [4.69, 9.17) is 4.42 Å². The summed E-state index contributed by atoms with van der Waals surface area (Å²) < 4.78 is 6.53. The minimum atomic E-state index is -0.427. The van der Waals surface area contributed by atoms with Gasteiger partial charge in [0, 0.05) is 24.7 Å². The number of aryl methyl sites for hydroxylation is 1. The molecule has 3 rings (SSSR count). The number of amides is 1. The highest BCUT2D eigenvalue weighted by Crippen LogP contribution is 2.24. The first-order valence-corrected chi connectivity index (χ1v) is 7.72. The number of nitrogens with zero attached hydrogens (tertiary/aromatic N) is 2. The molecule has 0 N–H and O–H groups in total. The molecule has 0 unspecified atom stereocenters. The van der Waals surface area contributed by atoms with Crippen LogP contribution in [0.3, 0.4) is 0 Å². The Morgan fingerprint density at radius 3 is 3.00 bits per heavy atom. The van der Waals surface area contributed by atoms with Crippen molar-refractivity contribution >= 4 is 17.0 Å². The smallest absolute Gasteiger partial charge is 0.408 e. The third-order valence-electron chi connectivity index (χ3n) is 4.37. The number of hydrogen-bond acceptors (Lipinski definition) is 3. The Morgan fingerprint density at radius 1 is 1.48 bits per heavy atom. The molecule has 0 fully saturated rings. The van der Waals surface area contributed by atoms with Crippen LogP contribution in [0, 0.1) is 0 Å². The normalized spacial score (nSPS) is 20.9. The van der Waals surface area contributed by atoms with Gasteiger partial charge in [0.25, 0.3) is 5.91 Å².